The molecule has 0 radical (unpaired) electrons. The van der Waals surface area contributed by atoms with Crippen LogP contribution in [0.2, 0.25) is 0 Å². The van der Waals surface area contributed by atoms with Crippen LogP contribution < -0.4 is 10.6 Å². The summed E-state index contributed by atoms with van der Waals surface area (Å²) in [6, 6.07) is 16.7. The topological polar surface area (TPSA) is 84.5 Å². The molecular formula is C22H21F3N2O4. The number of ether oxygens (including phenoxy) is 1. The molecule has 0 saturated heterocycles. The second-order valence-corrected chi connectivity index (χ2v) is 6.47. The van der Waals surface area contributed by atoms with Crippen LogP contribution in [-0.4, -0.2) is 36.5 Å². The first-order valence-electron chi connectivity index (χ1n) is 9.30. The standard InChI is InChI=1S/C22H21F3N2O4/c23-22(24,25)19(28)11-12-26-18(13-16-7-3-1-4-8-16)21(30)31-15-20(29)27-14-17-9-5-2-6-10-17/h1-12,18,26H,13-15H2,(H,27,29). The van der Waals surface area contributed by atoms with Gasteiger partial charge in [-0.05, 0) is 11.1 Å². The number of alkyl halides is 3. The van der Waals surface area contributed by atoms with Crippen molar-refractivity contribution in [2.45, 2.75) is 25.2 Å². The van der Waals surface area contributed by atoms with Gasteiger partial charge >= 0.3 is 12.1 Å². The normalized spacial score (nSPS) is 12.2. The van der Waals surface area contributed by atoms with Gasteiger partial charge in [0.05, 0.1) is 0 Å². The molecule has 1 unspecified atom stereocenters. The lowest BCUT2D eigenvalue weighted by Gasteiger charge is -2.16. The quantitative estimate of drug-likeness (QED) is 0.444. The first kappa shape index (κ1) is 23.7. The highest BCUT2D eigenvalue weighted by Gasteiger charge is 2.36. The van der Waals surface area contributed by atoms with Gasteiger partial charge in [0.2, 0.25) is 0 Å². The monoisotopic (exact) mass is 434 g/mol. The van der Waals surface area contributed by atoms with Gasteiger partial charge in [-0.15, -0.1) is 0 Å². The lowest BCUT2D eigenvalue weighted by molar-refractivity contribution is -0.165. The van der Waals surface area contributed by atoms with Gasteiger partial charge in [-0.2, -0.15) is 13.2 Å². The fraction of sp³-hybridized carbons (Fsp3) is 0.227. The van der Waals surface area contributed by atoms with Crippen molar-refractivity contribution in [3.63, 3.8) is 0 Å². The van der Waals surface area contributed by atoms with Gasteiger partial charge in [-0.1, -0.05) is 60.7 Å². The highest BCUT2D eigenvalue weighted by atomic mass is 19.4. The molecule has 0 aliphatic heterocycles. The number of carbonyl (C=O) groups excluding carboxylic acids is 3. The van der Waals surface area contributed by atoms with E-state index >= 15 is 0 Å². The van der Waals surface area contributed by atoms with Crippen LogP contribution in [0, 0.1) is 0 Å². The molecule has 31 heavy (non-hydrogen) atoms. The summed E-state index contributed by atoms with van der Waals surface area (Å²) in [5.41, 5.74) is 1.58. The highest BCUT2D eigenvalue weighted by molar-refractivity contribution is 5.94. The maximum atomic E-state index is 12.4. The summed E-state index contributed by atoms with van der Waals surface area (Å²) in [7, 11) is 0. The van der Waals surface area contributed by atoms with Gasteiger partial charge in [0.25, 0.3) is 11.7 Å². The summed E-state index contributed by atoms with van der Waals surface area (Å²) in [4.78, 5) is 35.3. The fourth-order valence-corrected chi connectivity index (χ4v) is 2.48. The van der Waals surface area contributed by atoms with Crippen LogP contribution in [0.15, 0.2) is 72.9 Å². The zero-order valence-corrected chi connectivity index (χ0v) is 16.4. The predicted molar refractivity (Wildman–Crippen MR) is 107 cm³/mol. The van der Waals surface area contributed by atoms with Gasteiger partial charge in [0, 0.05) is 25.2 Å². The van der Waals surface area contributed by atoms with Crippen LogP contribution in [0.4, 0.5) is 13.2 Å². The molecule has 0 aliphatic carbocycles. The molecule has 2 aromatic rings. The third kappa shape index (κ3) is 8.73. The number of amides is 1. The van der Waals surface area contributed by atoms with Gasteiger partial charge in [-0.25, -0.2) is 4.79 Å². The number of halogens is 3. The van der Waals surface area contributed by atoms with E-state index in [1.807, 2.05) is 30.3 Å². The zero-order valence-electron chi connectivity index (χ0n) is 16.4. The summed E-state index contributed by atoms with van der Waals surface area (Å²) in [5.74, 6) is -3.44. The second kappa shape index (κ2) is 11.5. The molecule has 164 valence electrons. The Morgan fingerprint density at radius 1 is 0.935 bits per heavy atom. The molecule has 0 bridgehead atoms. The number of hydrogen-bond donors (Lipinski definition) is 2. The van der Waals surface area contributed by atoms with E-state index in [-0.39, 0.29) is 19.0 Å². The molecule has 0 aliphatic rings. The number of hydrogen-bond acceptors (Lipinski definition) is 5. The fourth-order valence-electron chi connectivity index (χ4n) is 2.48. The number of benzene rings is 2. The Labute approximate surface area is 177 Å². The summed E-state index contributed by atoms with van der Waals surface area (Å²) >= 11 is 0. The van der Waals surface area contributed by atoms with E-state index in [0.717, 1.165) is 11.8 Å². The Hall–Kier alpha value is -3.62. The van der Waals surface area contributed by atoms with Crippen molar-refractivity contribution in [3.8, 4) is 0 Å². The van der Waals surface area contributed by atoms with Crippen LogP contribution in [0.1, 0.15) is 11.1 Å². The molecular weight excluding hydrogens is 413 g/mol. The Kier molecular flexibility index (Phi) is 8.80. The number of ketones is 1. The first-order valence-corrected chi connectivity index (χ1v) is 9.30. The number of allylic oxidation sites excluding steroid dienone is 1. The number of esters is 1. The Bertz CT molecular complexity index is 900. The molecule has 6 nitrogen and oxygen atoms in total. The summed E-state index contributed by atoms with van der Waals surface area (Å²) in [6.07, 6.45) is -3.89. The van der Waals surface area contributed by atoms with E-state index in [2.05, 4.69) is 10.6 Å². The summed E-state index contributed by atoms with van der Waals surface area (Å²) < 4.78 is 42.0. The van der Waals surface area contributed by atoms with Crippen molar-refractivity contribution in [3.05, 3.63) is 84.1 Å². The smallest absolute Gasteiger partial charge is 0.454 e. The van der Waals surface area contributed by atoms with Crippen LogP contribution in [-0.2, 0) is 32.1 Å². The Balaban J connectivity index is 1.92. The van der Waals surface area contributed by atoms with Crippen LogP contribution in [0.3, 0.4) is 0 Å². The largest absolute Gasteiger partial charge is 0.454 e. The van der Waals surface area contributed by atoms with Crippen molar-refractivity contribution in [2.24, 2.45) is 0 Å². The van der Waals surface area contributed by atoms with Crippen LogP contribution in [0.5, 0.6) is 0 Å². The maximum Gasteiger partial charge on any atom is 0.454 e. The van der Waals surface area contributed by atoms with E-state index in [1.165, 1.54) is 0 Å². The minimum atomic E-state index is -5.01. The average Bonchev–Trinajstić information content (AvgIpc) is 2.76. The molecule has 2 N–H and O–H groups in total. The van der Waals surface area contributed by atoms with Crippen molar-refractivity contribution in [1.82, 2.24) is 10.6 Å². The van der Waals surface area contributed by atoms with Crippen molar-refractivity contribution in [1.29, 1.82) is 0 Å². The van der Waals surface area contributed by atoms with Gasteiger partial charge < -0.3 is 15.4 Å². The third-order valence-corrected chi connectivity index (χ3v) is 4.06. The highest BCUT2D eigenvalue weighted by Crippen LogP contribution is 2.16. The Morgan fingerprint density at radius 3 is 2.10 bits per heavy atom. The molecule has 0 saturated carbocycles. The van der Waals surface area contributed by atoms with E-state index in [4.69, 9.17) is 4.74 Å². The third-order valence-electron chi connectivity index (χ3n) is 4.06. The number of rotatable bonds is 10. The van der Waals surface area contributed by atoms with E-state index < -0.39 is 36.5 Å². The van der Waals surface area contributed by atoms with E-state index in [0.29, 0.717) is 5.56 Å². The van der Waals surface area contributed by atoms with Gasteiger partial charge in [0.15, 0.2) is 6.61 Å². The maximum absolute atomic E-state index is 12.4. The van der Waals surface area contributed by atoms with Crippen molar-refractivity contribution >= 4 is 17.7 Å². The average molecular weight is 434 g/mol. The molecule has 1 amide bonds. The van der Waals surface area contributed by atoms with Crippen LogP contribution >= 0.6 is 0 Å². The van der Waals surface area contributed by atoms with Crippen molar-refractivity contribution < 1.29 is 32.3 Å². The SMILES string of the molecule is O=C(COC(=O)C(Cc1ccccc1)NC=CC(=O)C(F)(F)F)NCc1ccccc1. The number of carbonyl (C=O) groups is 3. The summed E-state index contributed by atoms with van der Waals surface area (Å²) in [6.45, 7) is -0.297. The minimum Gasteiger partial charge on any atom is -0.454 e. The molecule has 0 heterocycles. The second-order valence-electron chi connectivity index (χ2n) is 6.47. The van der Waals surface area contributed by atoms with Crippen molar-refractivity contribution in [2.75, 3.05) is 6.61 Å². The number of nitrogens with one attached hydrogen (secondary N) is 2. The van der Waals surface area contributed by atoms with Gasteiger partial charge in [0.1, 0.15) is 6.04 Å². The zero-order chi connectivity index (χ0) is 22.7. The summed E-state index contributed by atoms with van der Waals surface area (Å²) in [5, 5.41) is 5.04. The molecule has 0 aromatic heterocycles. The van der Waals surface area contributed by atoms with Crippen LogP contribution in [0.25, 0.3) is 0 Å². The molecule has 0 spiro atoms. The molecule has 0 fully saturated rings. The molecule has 2 aromatic carbocycles. The molecule has 9 heteroatoms. The van der Waals surface area contributed by atoms with E-state index in [1.54, 1.807) is 30.3 Å². The lowest BCUT2D eigenvalue weighted by atomic mass is 10.1. The van der Waals surface area contributed by atoms with Gasteiger partial charge in [-0.3, -0.25) is 9.59 Å². The minimum absolute atomic E-state index is 0.0792. The predicted octanol–water partition coefficient (Wildman–Crippen LogP) is 2.69. The molecule has 2 rings (SSSR count). The van der Waals surface area contributed by atoms with E-state index in [9.17, 15) is 27.6 Å². The Morgan fingerprint density at radius 2 is 1.52 bits per heavy atom. The lowest BCUT2D eigenvalue weighted by Crippen LogP contribution is -2.39. The first-order chi connectivity index (χ1) is 14.8. The molecule has 1 atom stereocenters.